The number of ether oxygens (including phenoxy) is 2. The van der Waals surface area contributed by atoms with Gasteiger partial charge in [0.15, 0.2) is 6.79 Å². The summed E-state index contributed by atoms with van der Waals surface area (Å²) in [7, 11) is -2.53. The highest BCUT2D eigenvalue weighted by atomic mass is 32.2. The molecule has 0 aliphatic heterocycles. The number of benzene rings is 1. The summed E-state index contributed by atoms with van der Waals surface area (Å²) in [6, 6.07) is 6.52. The zero-order valence-corrected chi connectivity index (χ0v) is 19.7. The molecular formula is C22H36N2O7S. The summed E-state index contributed by atoms with van der Waals surface area (Å²) in [5.74, 6) is -0.0137. The van der Waals surface area contributed by atoms with Crippen molar-refractivity contribution in [1.29, 1.82) is 0 Å². The number of esters is 1. The lowest BCUT2D eigenvalue weighted by Gasteiger charge is -2.07. The van der Waals surface area contributed by atoms with Crippen molar-refractivity contribution in [1.82, 2.24) is 5.32 Å². The molecule has 0 heterocycles. The average molecular weight is 473 g/mol. The first kappa shape index (κ1) is 27.9. The highest BCUT2D eigenvalue weighted by molar-refractivity contribution is 7.84. The molecule has 0 bridgehead atoms. The van der Waals surface area contributed by atoms with Crippen molar-refractivity contribution in [2.24, 2.45) is 5.14 Å². The van der Waals surface area contributed by atoms with E-state index < -0.39 is 10.3 Å². The van der Waals surface area contributed by atoms with Gasteiger partial charge in [0.05, 0.1) is 0 Å². The Kier molecular flexibility index (Phi) is 14.3. The molecule has 0 unspecified atom stereocenters. The van der Waals surface area contributed by atoms with E-state index in [1.807, 2.05) is 0 Å². The molecule has 0 saturated heterocycles. The molecule has 0 aromatic heterocycles. The summed E-state index contributed by atoms with van der Waals surface area (Å²) < 4.78 is 35.8. The molecule has 1 aromatic carbocycles. The second-order valence-electron chi connectivity index (χ2n) is 7.57. The number of nitrogens with one attached hydrogen (secondary N) is 1. The fourth-order valence-corrected chi connectivity index (χ4v) is 3.47. The Bertz CT molecular complexity index is 767. The SMILES string of the molecule is COCOC(=O)CCCCCCCCCCC(=O)NCCc1ccc(OS(N)(=O)=O)cc1. The van der Waals surface area contributed by atoms with Gasteiger partial charge in [-0.05, 0) is 37.0 Å². The minimum atomic E-state index is -4.02. The van der Waals surface area contributed by atoms with Gasteiger partial charge in [0.1, 0.15) is 5.75 Å². The standard InChI is InChI=1S/C22H36N2O7S/c1-29-18-30-22(26)11-9-7-5-3-2-4-6-8-10-21(25)24-17-16-19-12-14-20(15-13-19)31-32(23,27)28/h12-15H,2-11,16-18H2,1H3,(H,24,25)(H2,23,27,28). The molecule has 0 saturated carbocycles. The van der Waals surface area contributed by atoms with Crippen LogP contribution in [0.4, 0.5) is 0 Å². The highest BCUT2D eigenvalue weighted by Crippen LogP contribution is 2.14. The predicted molar refractivity (Wildman–Crippen MR) is 121 cm³/mol. The third-order valence-electron chi connectivity index (χ3n) is 4.74. The Labute approximate surface area is 191 Å². The lowest BCUT2D eigenvalue weighted by Crippen LogP contribution is -2.25. The first-order valence-corrected chi connectivity index (χ1v) is 12.5. The van der Waals surface area contributed by atoms with Gasteiger partial charge in [0.25, 0.3) is 0 Å². The number of unbranched alkanes of at least 4 members (excludes halogenated alkanes) is 7. The third kappa shape index (κ3) is 15.6. The van der Waals surface area contributed by atoms with Crippen LogP contribution >= 0.6 is 0 Å². The van der Waals surface area contributed by atoms with Crippen molar-refractivity contribution in [2.75, 3.05) is 20.4 Å². The van der Waals surface area contributed by atoms with E-state index in [1.54, 1.807) is 12.1 Å². The number of nitrogens with two attached hydrogens (primary N) is 1. The van der Waals surface area contributed by atoms with Crippen molar-refractivity contribution in [3.05, 3.63) is 29.8 Å². The maximum absolute atomic E-state index is 11.9. The van der Waals surface area contributed by atoms with E-state index in [0.717, 1.165) is 56.9 Å². The van der Waals surface area contributed by atoms with Gasteiger partial charge in [-0.1, -0.05) is 50.7 Å². The van der Waals surface area contributed by atoms with Crippen LogP contribution in [0.25, 0.3) is 0 Å². The third-order valence-corrected chi connectivity index (χ3v) is 5.17. The van der Waals surface area contributed by atoms with E-state index in [0.29, 0.717) is 25.8 Å². The summed E-state index contributed by atoms with van der Waals surface area (Å²) in [6.45, 7) is 0.541. The summed E-state index contributed by atoms with van der Waals surface area (Å²) in [6.07, 6.45) is 9.86. The van der Waals surface area contributed by atoms with Crippen LogP contribution in [0.5, 0.6) is 5.75 Å². The van der Waals surface area contributed by atoms with Crippen LogP contribution in [0.3, 0.4) is 0 Å². The minimum absolute atomic E-state index is 0.0198. The second-order valence-corrected chi connectivity index (χ2v) is 8.72. The van der Waals surface area contributed by atoms with Crippen molar-refractivity contribution < 1.29 is 31.7 Å². The topological polar surface area (TPSA) is 134 Å². The number of methoxy groups -OCH3 is 1. The van der Waals surface area contributed by atoms with Gasteiger partial charge in [-0.25, -0.2) is 0 Å². The largest absolute Gasteiger partial charge is 0.438 e. The van der Waals surface area contributed by atoms with E-state index in [1.165, 1.54) is 19.2 Å². The number of amides is 1. The minimum Gasteiger partial charge on any atom is -0.438 e. The molecule has 32 heavy (non-hydrogen) atoms. The van der Waals surface area contributed by atoms with Crippen molar-refractivity contribution in [3.8, 4) is 5.75 Å². The molecule has 1 rings (SSSR count). The molecule has 1 aromatic rings. The number of rotatable bonds is 18. The fraction of sp³-hybridized carbons (Fsp3) is 0.636. The average Bonchev–Trinajstić information content (AvgIpc) is 2.73. The maximum Gasteiger partial charge on any atom is 0.380 e. The van der Waals surface area contributed by atoms with Crippen molar-refractivity contribution >= 4 is 22.2 Å². The number of hydrogen-bond donors (Lipinski definition) is 2. The van der Waals surface area contributed by atoms with Crippen LogP contribution in [0.2, 0.25) is 0 Å². The van der Waals surface area contributed by atoms with Gasteiger partial charge in [-0.2, -0.15) is 13.6 Å². The Balaban J connectivity index is 1.96. The molecule has 0 fully saturated rings. The summed E-state index contributed by atoms with van der Waals surface area (Å²) in [5, 5.41) is 7.72. The maximum atomic E-state index is 11.9. The summed E-state index contributed by atoms with van der Waals surface area (Å²) in [4.78, 5) is 23.2. The molecule has 0 aliphatic rings. The van der Waals surface area contributed by atoms with E-state index in [4.69, 9.17) is 9.88 Å². The van der Waals surface area contributed by atoms with Gasteiger partial charge >= 0.3 is 16.3 Å². The fourth-order valence-electron chi connectivity index (χ4n) is 3.09. The molecular weight excluding hydrogens is 436 g/mol. The molecule has 9 nitrogen and oxygen atoms in total. The van der Waals surface area contributed by atoms with E-state index in [2.05, 4.69) is 14.2 Å². The Morgan fingerprint density at radius 3 is 2.03 bits per heavy atom. The molecule has 3 N–H and O–H groups in total. The van der Waals surface area contributed by atoms with Crippen molar-refractivity contribution in [2.45, 2.75) is 70.6 Å². The molecule has 0 radical (unpaired) electrons. The van der Waals surface area contributed by atoms with Crippen LogP contribution in [0.1, 0.15) is 69.8 Å². The highest BCUT2D eigenvalue weighted by Gasteiger charge is 2.05. The first-order valence-electron chi connectivity index (χ1n) is 11.0. The van der Waals surface area contributed by atoms with Crippen LogP contribution in [-0.4, -0.2) is 40.7 Å². The number of hydrogen-bond acceptors (Lipinski definition) is 7. The Morgan fingerprint density at radius 1 is 0.906 bits per heavy atom. The van der Waals surface area contributed by atoms with Gasteiger partial charge in [0, 0.05) is 26.5 Å². The smallest absolute Gasteiger partial charge is 0.380 e. The summed E-state index contributed by atoms with van der Waals surface area (Å²) >= 11 is 0. The molecule has 182 valence electrons. The van der Waals surface area contributed by atoms with Crippen LogP contribution < -0.4 is 14.6 Å². The van der Waals surface area contributed by atoms with Crippen LogP contribution in [-0.2, 0) is 35.8 Å². The first-order chi connectivity index (χ1) is 15.3. The molecule has 0 atom stereocenters. The number of carbonyl (C=O) groups is 2. The lowest BCUT2D eigenvalue weighted by atomic mass is 10.1. The quantitative estimate of drug-likeness (QED) is 0.190. The van der Waals surface area contributed by atoms with Gasteiger partial charge in [-0.3, -0.25) is 9.59 Å². The van der Waals surface area contributed by atoms with Crippen LogP contribution in [0.15, 0.2) is 24.3 Å². The van der Waals surface area contributed by atoms with E-state index in [9.17, 15) is 18.0 Å². The zero-order valence-electron chi connectivity index (χ0n) is 18.8. The van der Waals surface area contributed by atoms with Gasteiger partial charge in [0.2, 0.25) is 5.91 Å². The summed E-state index contributed by atoms with van der Waals surface area (Å²) in [5.41, 5.74) is 0.957. The van der Waals surface area contributed by atoms with Crippen LogP contribution in [0, 0.1) is 0 Å². The van der Waals surface area contributed by atoms with E-state index in [-0.39, 0.29) is 24.4 Å². The molecule has 0 aliphatic carbocycles. The predicted octanol–water partition coefficient (Wildman–Crippen LogP) is 2.98. The zero-order chi connectivity index (χ0) is 23.7. The molecule has 1 amide bonds. The van der Waals surface area contributed by atoms with Crippen molar-refractivity contribution in [3.63, 3.8) is 0 Å². The van der Waals surface area contributed by atoms with E-state index >= 15 is 0 Å². The Hall–Kier alpha value is -2.17. The molecule has 0 spiro atoms. The van der Waals surface area contributed by atoms with Gasteiger partial charge < -0.3 is 19.0 Å². The monoisotopic (exact) mass is 472 g/mol. The normalized spacial score (nSPS) is 11.2. The molecule has 10 heteroatoms. The second kappa shape index (κ2) is 16.5. The number of carbonyl (C=O) groups excluding carboxylic acids is 2. The Morgan fingerprint density at radius 2 is 1.47 bits per heavy atom. The lowest BCUT2D eigenvalue weighted by molar-refractivity contribution is -0.154. The van der Waals surface area contributed by atoms with Gasteiger partial charge in [-0.15, -0.1) is 0 Å².